The molecule has 82 valence electrons. The van der Waals surface area contributed by atoms with Crippen molar-refractivity contribution in [2.75, 3.05) is 20.1 Å². The first-order valence-electron chi connectivity index (χ1n) is 5.52. The van der Waals surface area contributed by atoms with Crippen LogP contribution >= 0.6 is 0 Å². The van der Waals surface area contributed by atoms with Gasteiger partial charge in [0.1, 0.15) is 0 Å². The van der Waals surface area contributed by atoms with Crippen LogP contribution in [0, 0.1) is 11.8 Å². The van der Waals surface area contributed by atoms with E-state index in [0.29, 0.717) is 17.9 Å². The lowest BCUT2D eigenvalue weighted by molar-refractivity contribution is 0.198. The van der Waals surface area contributed by atoms with Crippen molar-refractivity contribution in [1.82, 2.24) is 4.90 Å². The van der Waals surface area contributed by atoms with Crippen LogP contribution in [0.5, 0.6) is 0 Å². The first kappa shape index (κ1) is 11.5. The van der Waals surface area contributed by atoms with Crippen molar-refractivity contribution in [2.45, 2.75) is 33.2 Å². The van der Waals surface area contributed by atoms with Crippen LogP contribution in [0.1, 0.15) is 27.2 Å². The molecule has 1 aliphatic heterocycles. The van der Waals surface area contributed by atoms with Crippen molar-refractivity contribution in [2.24, 2.45) is 22.6 Å². The van der Waals surface area contributed by atoms with E-state index in [1.807, 2.05) is 0 Å². The molecule has 0 spiro atoms. The molecule has 2 atom stereocenters. The van der Waals surface area contributed by atoms with Gasteiger partial charge in [0.2, 0.25) is 0 Å². The smallest absolute Gasteiger partial charge is 0.0966 e. The van der Waals surface area contributed by atoms with Crippen LogP contribution < -0.4 is 5.73 Å². The first-order chi connectivity index (χ1) is 6.50. The largest absolute Gasteiger partial charge is 0.387 e. The molecule has 1 aliphatic rings. The zero-order chi connectivity index (χ0) is 10.7. The number of nitrogens with two attached hydrogens (primary N) is 1. The van der Waals surface area contributed by atoms with Crippen molar-refractivity contribution in [3.8, 4) is 0 Å². The summed E-state index contributed by atoms with van der Waals surface area (Å²) in [6.45, 7) is 8.73. The molecule has 0 saturated carbocycles. The van der Waals surface area contributed by atoms with E-state index in [2.05, 4.69) is 37.7 Å². The summed E-state index contributed by atoms with van der Waals surface area (Å²) in [5.74, 6) is 1.82. The molecule has 3 nitrogen and oxygen atoms in total. The normalized spacial score (nSPS) is 31.1. The Morgan fingerprint density at radius 3 is 2.64 bits per heavy atom. The summed E-state index contributed by atoms with van der Waals surface area (Å²) in [7, 11) is 2.17. The van der Waals surface area contributed by atoms with Gasteiger partial charge < -0.3 is 10.6 Å². The summed E-state index contributed by atoms with van der Waals surface area (Å²) in [5.41, 5.74) is 5.88. The van der Waals surface area contributed by atoms with E-state index in [-0.39, 0.29) is 0 Å². The average Bonchev–Trinajstić information content (AvgIpc) is 2.09. The molecular weight excluding hydrogens is 174 g/mol. The van der Waals surface area contributed by atoms with Gasteiger partial charge in [0.05, 0.1) is 11.9 Å². The van der Waals surface area contributed by atoms with Crippen molar-refractivity contribution in [3.63, 3.8) is 0 Å². The third-order valence-corrected chi connectivity index (χ3v) is 2.97. The molecule has 0 aromatic rings. The summed E-state index contributed by atoms with van der Waals surface area (Å²) in [4.78, 5) is 6.98. The Labute approximate surface area is 87.4 Å². The number of hydrogen-bond acceptors (Lipinski definition) is 2. The maximum absolute atomic E-state index is 5.88. The quantitative estimate of drug-likeness (QED) is 0.536. The SMILES string of the molecule is CC(C)C(N)=NC1CCN(C)CC1C. The summed E-state index contributed by atoms with van der Waals surface area (Å²) in [6.07, 6.45) is 1.14. The minimum Gasteiger partial charge on any atom is -0.387 e. The molecule has 0 bridgehead atoms. The van der Waals surface area contributed by atoms with Gasteiger partial charge in [0.25, 0.3) is 0 Å². The third kappa shape index (κ3) is 2.98. The number of likely N-dealkylation sites (tertiary alicyclic amines) is 1. The highest BCUT2D eigenvalue weighted by atomic mass is 15.1. The van der Waals surface area contributed by atoms with Gasteiger partial charge in [0.15, 0.2) is 0 Å². The van der Waals surface area contributed by atoms with Crippen molar-refractivity contribution in [3.05, 3.63) is 0 Å². The Kier molecular flexibility index (Phi) is 3.93. The predicted octanol–water partition coefficient (Wildman–Crippen LogP) is 1.34. The van der Waals surface area contributed by atoms with Gasteiger partial charge in [-0.25, -0.2) is 0 Å². The Balaban J connectivity index is 2.57. The minimum absolute atomic E-state index is 0.377. The average molecular weight is 197 g/mol. The van der Waals surface area contributed by atoms with Crippen LogP contribution in [0.4, 0.5) is 0 Å². The molecule has 1 heterocycles. The van der Waals surface area contributed by atoms with Crippen LogP contribution in [-0.4, -0.2) is 36.9 Å². The molecule has 1 fully saturated rings. The number of amidine groups is 1. The van der Waals surface area contributed by atoms with Gasteiger partial charge in [-0.2, -0.15) is 0 Å². The van der Waals surface area contributed by atoms with Gasteiger partial charge in [0, 0.05) is 12.5 Å². The molecule has 2 unspecified atom stereocenters. The van der Waals surface area contributed by atoms with E-state index in [1.54, 1.807) is 0 Å². The number of hydrogen-bond donors (Lipinski definition) is 1. The Bertz CT molecular complexity index is 211. The number of rotatable bonds is 2. The lowest BCUT2D eigenvalue weighted by atomic mass is 9.94. The fourth-order valence-corrected chi connectivity index (χ4v) is 1.87. The second-order valence-corrected chi connectivity index (χ2v) is 4.80. The highest BCUT2D eigenvalue weighted by Gasteiger charge is 2.23. The highest BCUT2D eigenvalue weighted by Crippen LogP contribution is 2.19. The summed E-state index contributed by atoms with van der Waals surface area (Å²) >= 11 is 0. The zero-order valence-corrected chi connectivity index (χ0v) is 9.83. The first-order valence-corrected chi connectivity index (χ1v) is 5.52. The molecule has 0 aliphatic carbocycles. The van der Waals surface area contributed by atoms with Crippen LogP contribution in [0.25, 0.3) is 0 Å². The van der Waals surface area contributed by atoms with E-state index in [4.69, 9.17) is 5.73 Å². The molecular formula is C11H23N3. The van der Waals surface area contributed by atoms with Crippen molar-refractivity contribution < 1.29 is 0 Å². The summed E-state index contributed by atoms with van der Waals surface area (Å²) in [6, 6.07) is 0.439. The minimum atomic E-state index is 0.377. The Hall–Kier alpha value is -0.570. The lowest BCUT2D eigenvalue weighted by Gasteiger charge is -2.32. The molecule has 0 aromatic heterocycles. The molecule has 0 radical (unpaired) electrons. The lowest BCUT2D eigenvalue weighted by Crippen LogP contribution is -2.40. The topological polar surface area (TPSA) is 41.6 Å². The van der Waals surface area contributed by atoms with E-state index in [0.717, 1.165) is 25.3 Å². The monoisotopic (exact) mass is 197 g/mol. The predicted molar refractivity (Wildman–Crippen MR) is 61.5 cm³/mol. The van der Waals surface area contributed by atoms with E-state index < -0.39 is 0 Å². The van der Waals surface area contributed by atoms with Crippen LogP contribution in [0.3, 0.4) is 0 Å². The van der Waals surface area contributed by atoms with Gasteiger partial charge in [-0.1, -0.05) is 20.8 Å². The van der Waals surface area contributed by atoms with E-state index >= 15 is 0 Å². The molecule has 0 amide bonds. The fourth-order valence-electron chi connectivity index (χ4n) is 1.87. The summed E-state index contributed by atoms with van der Waals surface area (Å²) < 4.78 is 0. The zero-order valence-electron chi connectivity index (χ0n) is 9.83. The van der Waals surface area contributed by atoms with Crippen molar-refractivity contribution in [1.29, 1.82) is 0 Å². The number of nitrogens with zero attached hydrogens (tertiary/aromatic N) is 2. The number of aliphatic imine (C=N–C) groups is 1. The molecule has 0 aromatic carbocycles. The van der Waals surface area contributed by atoms with Gasteiger partial charge >= 0.3 is 0 Å². The van der Waals surface area contributed by atoms with Crippen LogP contribution in [-0.2, 0) is 0 Å². The van der Waals surface area contributed by atoms with Crippen molar-refractivity contribution >= 4 is 5.84 Å². The molecule has 1 rings (SSSR count). The maximum Gasteiger partial charge on any atom is 0.0966 e. The molecule has 1 saturated heterocycles. The second kappa shape index (κ2) is 4.78. The molecule has 3 heteroatoms. The number of piperidine rings is 1. The van der Waals surface area contributed by atoms with E-state index in [1.165, 1.54) is 0 Å². The van der Waals surface area contributed by atoms with Gasteiger partial charge in [-0.15, -0.1) is 0 Å². The Morgan fingerprint density at radius 1 is 1.50 bits per heavy atom. The maximum atomic E-state index is 5.88. The van der Waals surface area contributed by atoms with Crippen LogP contribution in [0.2, 0.25) is 0 Å². The third-order valence-electron chi connectivity index (χ3n) is 2.97. The Morgan fingerprint density at radius 2 is 2.14 bits per heavy atom. The molecule has 2 N–H and O–H groups in total. The molecule has 14 heavy (non-hydrogen) atoms. The summed E-state index contributed by atoms with van der Waals surface area (Å²) in [5, 5.41) is 0. The second-order valence-electron chi connectivity index (χ2n) is 4.80. The highest BCUT2D eigenvalue weighted by molar-refractivity contribution is 5.82. The van der Waals surface area contributed by atoms with Gasteiger partial charge in [-0.3, -0.25) is 4.99 Å². The van der Waals surface area contributed by atoms with Gasteiger partial charge in [-0.05, 0) is 25.9 Å². The van der Waals surface area contributed by atoms with E-state index in [9.17, 15) is 0 Å². The fraction of sp³-hybridized carbons (Fsp3) is 0.909. The standard InChI is InChI=1S/C11H23N3/c1-8(2)11(12)13-10-5-6-14(4)7-9(10)3/h8-10H,5-7H2,1-4H3,(H2,12,13). The van der Waals surface area contributed by atoms with Crippen LogP contribution in [0.15, 0.2) is 4.99 Å².